The first-order valence-electron chi connectivity index (χ1n) is 8.90. The van der Waals surface area contributed by atoms with Crippen LogP contribution < -0.4 is 5.56 Å². The van der Waals surface area contributed by atoms with E-state index in [4.69, 9.17) is 0 Å². The normalized spacial score (nSPS) is 13.6. The van der Waals surface area contributed by atoms with Crippen LogP contribution in [0.1, 0.15) is 16.8 Å². The van der Waals surface area contributed by atoms with Gasteiger partial charge < -0.3 is 9.88 Å². The van der Waals surface area contributed by atoms with Crippen LogP contribution in [-0.4, -0.2) is 27.3 Å². The van der Waals surface area contributed by atoms with Gasteiger partial charge in [-0.25, -0.2) is 4.98 Å². The van der Waals surface area contributed by atoms with Crippen LogP contribution in [0.5, 0.6) is 0 Å². The average molecular weight is 357 g/mol. The van der Waals surface area contributed by atoms with Gasteiger partial charge in [0.1, 0.15) is 5.82 Å². The number of benzene rings is 2. The Hall–Kier alpha value is -3.47. The number of H-pyrrole nitrogens is 1. The van der Waals surface area contributed by atoms with Crippen molar-refractivity contribution in [3.05, 3.63) is 93.9 Å². The van der Waals surface area contributed by atoms with Crippen molar-refractivity contribution in [1.82, 2.24) is 14.9 Å². The van der Waals surface area contributed by atoms with E-state index >= 15 is 0 Å². The van der Waals surface area contributed by atoms with Gasteiger partial charge in [0, 0.05) is 24.6 Å². The number of hydrogen-bond acceptors (Lipinski definition) is 3. The minimum atomic E-state index is -0.177. The Balaban J connectivity index is 1.54. The molecule has 0 saturated heterocycles. The van der Waals surface area contributed by atoms with Crippen LogP contribution in [0.25, 0.3) is 17.5 Å². The molecule has 134 valence electrons. The summed E-state index contributed by atoms with van der Waals surface area (Å²) in [6, 6.07) is 19.2. The number of carbonyl (C=O) groups is 1. The zero-order valence-electron chi connectivity index (χ0n) is 14.8. The molecule has 0 spiro atoms. The maximum atomic E-state index is 12.6. The van der Waals surface area contributed by atoms with Gasteiger partial charge in [-0.15, -0.1) is 0 Å². The van der Waals surface area contributed by atoms with Crippen molar-refractivity contribution in [1.29, 1.82) is 0 Å². The molecular weight excluding hydrogens is 338 g/mol. The summed E-state index contributed by atoms with van der Waals surface area (Å²) in [5.41, 5.74) is 3.01. The van der Waals surface area contributed by atoms with Gasteiger partial charge in [-0.05, 0) is 11.6 Å². The van der Waals surface area contributed by atoms with E-state index < -0.39 is 0 Å². The zero-order chi connectivity index (χ0) is 18.6. The van der Waals surface area contributed by atoms with Gasteiger partial charge in [-0.1, -0.05) is 60.7 Å². The molecule has 5 heteroatoms. The van der Waals surface area contributed by atoms with Gasteiger partial charge in [-0.3, -0.25) is 9.59 Å². The molecule has 1 aliphatic rings. The quantitative estimate of drug-likeness (QED) is 0.733. The van der Waals surface area contributed by atoms with E-state index in [1.165, 1.54) is 0 Å². The summed E-state index contributed by atoms with van der Waals surface area (Å²) in [5, 5.41) is 0. The molecule has 4 rings (SSSR count). The van der Waals surface area contributed by atoms with Gasteiger partial charge in [0.25, 0.3) is 5.56 Å². The summed E-state index contributed by atoms with van der Waals surface area (Å²) < 4.78 is 0. The summed E-state index contributed by atoms with van der Waals surface area (Å²) in [6.07, 6.45) is 3.92. The zero-order valence-corrected chi connectivity index (χ0v) is 14.8. The van der Waals surface area contributed by atoms with Crippen LogP contribution in [-0.2, 0) is 17.8 Å². The lowest BCUT2D eigenvalue weighted by molar-refractivity contribution is -0.126. The number of aromatic amines is 1. The highest BCUT2D eigenvalue weighted by atomic mass is 16.2. The highest BCUT2D eigenvalue weighted by Gasteiger charge is 2.23. The Morgan fingerprint density at radius 3 is 2.48 bits per heavy atom. The molecule has 1 N–H and O–H groups in total. The molecule has 27 heavy (non-hydrogen) atoms. The Labute approximate surface area is 157 Å². The molecule has 1 aliphatic heterocycles. The maximum absolute atomic E-state index is 12.6. The first-order chi connectivity index (χ1) is 13.2. The van der Waals surface area contributed by atoms with E-state index in [0.29, 0.717) is 24.4 Å². The Kier molecular flexibility index (Phi) is 4.66. The van der Waals surface area contributed by atoms with Gasteiger partial charge in [0.15, 0.2) is 0 Å². The van der Waals surface area contributed by atoms with Crippen molar-refractivity contribution in [2.45, 2.75) is 13.0 Å². The lowest BCUT2D eigenvalue weighted by atomic mass is 10.1. The molecule has 0 radical (unpaired) electrons. The fourth-order valence-corrected chi connectivity index (χ4v) is 3.18. The fraction of sp³-hybridized carbons (Fsp3) is 0.136. The molecule has 0 bridgehead atoms. The number of nitrogens with one attached hydrogen (secondary N) is 1. The van der Waals surface area contributed by atoms with Crippen LogP contribution in [0, 0.1) is 0 Å². The van der Waals surface area contributed by atoms with Crippen molar-refractivity contribution in [3.8, 4) is 11.4 Å². The van der Waals surface area contributed by atoms with E-state index in [2.05, 4.69) is 9.97 Å². The molecule has 2 heterocycles. The standard InChI is InChI=1S/C22H19N3O2/c26-20(12-11-16-7-3-1-4-8-16)25-14-13-19-18(15-25)22(27)24-21(23-19)17-9-5-2-6-10-17/h1-12H,13-15H2,(H,23,24,27)/b12-11+. The van der Waals surface area contributed by atoms with Crippen molar-refractivity contribution in [2.24, 2.45) is 0 Å². The van der Waals surface area contributed by atoms with Crippen LogP contribution >= 0.6 is 0 Å². The molecule has 0 unspecified atom stereocenters. The molecule has 0 atom stereocenters. The molecule has 1 amide bonds. The molecule has 1 aromatic heterocycles. The monoisotopic (exact) mass is 357 g/mol. The Bertz CT molecular complexity index is 1040. The number of carbonyl (C=O) groups excluding carboxylic acids is 1. The Morgan fingerprint density at radius 1 is 1.04 bits per heavy atom. The average Bonchev–Trinajstić information content (AvgIpc) is 2.73. The molecule has 2 aromatic carbocycles. The largest absolute Gasteiger partial charge is 0.334 e. The summed E-state index contributed by atoms with van der Waals surface area (Å²) in [6.45, 7) is 0.834. The molecule has 0 aliphatic carbocycles. The van der Waals surface area contributed by atoms with Crippen molar-refractivity contribution in [3.63, 3.8) is 0 Å². The predicted molar refractivity (Wildman–Crippen MR) is 105 cm³/mol. The maximum Gasteiger partial charge on any atom is 0.256 e. The summed E-state index contributed by atoms with van der Waals surface area (Å²) in [4.78, 5) is 34.2. The molecule has 3 aromatic rings. The SMILES string of the molecule is O=C(/C=C/c1ccccc1)N1CCc2nc(-c3ccccc3)[nH]c(=O)c2C1. The number of aromatic nitrogens is 2. The number of nitrogens with zero attached hydrogens (tertiary/aromatic N) is 2. The van der Waals surface area contributed by atoms with E-state index in [1.807, 2.05) is 60.7 Å². The van der Waals surface area contributed by atoms with E-state index in [0.717, 1.165) is 16.8 Å². The topological polar surface area (TPSA) is 66.1 Å². The van der Waals surface area contributed by atoms with E-state index in [-0.39, 0.29) is 18.0 Å². The third-order valence-electron chi connectivity index (χ3n) is 4.65. The second kappa shape index (κ2) is 7.41. The summed E-state index contributed by atoms with van der Waals surface area (Å²) in [7, 11) is 0. The number of hydrogen-bond donors (Lipinski definition) is 1. The third kappa shape index (κ3) is 3.72. The molecule has 0 saturated carbocycles. The number of fused-ring (bicyclic) bond motifs is 1. The summed E-state index contributed by atoms with van der Waals surface area (Å²) in [5.74, 6) is 0.471. The van der Waals surface area contributed by atoms with E-state index in [9.17, 15) is 9.59 Å². The number of amides is 1. The number of rotatable bonds is 3. The van der Waals surface area contributed by atoms with Gasteiger partial charge in [0.05, 0.1) is 17.8 Å². The summed E-state index contributed by atoms with van der Waals surface area (Å²) >= 11 is 0. The highest BCUT2D eigenvalue weighted by Crippen LogP contribution is 2.18. The molecule has 0 fully saturated rings. The smallest absolute Gasteiger partial charge is 0.256 e. The van der Waals surface area contributed by atoms with Crippen molar-refractivity contribution >= 4 is 12.0 Å². The molecule has 5 nitrogen and oxygen atoms in total. The van der Waals surface area contributed by atoms with Crippen LogP contribution in [0.2, 0.25) is 0 Å². The first-order valence-corrected chi connectivity index (χ1v) is 8.90. The van der Waals surface area contributed by atoms with Crippen molar-refractivity contribution < 1.29 is 4.79 Å². The first kappa shape index (κ1) is 17.0. The van der Waals surface area contributed by atoms with E-state index in [1.54, 1.807) is 17.1 Å². The Morgan fingerprint density at radius 2 is 1.74 bits per heavy atom. The second-order valence-corrected chi connectivity index (χ2v) is 6.46. The van der Waals surface area contributed by atoms with Gasteiger partial charge >= 0.3 is 0 Å². The highest BCUT2D eigenvalue weighted by molar-refractivity contribution is 5.91. The second-order valence-electron chi connectivity index (χ2n) is 6.46. The minimum absolute atomic E-state index is 0.101. The van der Waals surface area contributed by atoms with Gasteiger partial charge in [-0.2, -0.15) is 0 Å². The van der Waals surface area contributed by atoms with Crippen LogP contribution in [0.3, 0.4) is 0 Å². The molecular formula is C22H19N3O2. The van der Waals surface area contributed by atoms with Crippen LogP contribution in [0.4, 0.5) is 0 Å². The third-order valence-corrected chi connectivity index (χ3v) is 4.65. The van der Waals surface area contributed by atoms with Gasteiger partial charge in [0.2, 0.25) is 5.91 Å². The lowest BCUT2D eigenvalue weighted by Gasteiger charge is -2.27. The van der Waals surface area contributed by atoms with Crippen LogP contribution in [0.15, 0.2) is 71.5 Å². The lowest BCUT2D eigenvalue weighted by Crippen LogP contribution is -2.38. The minimum Gasteiger partial charge on any atom is -0.334 e. The van der Waals surface area contributed by atoms with Crippen molar-refractivity contribution in [2.75, 3.05) is 6.54 Å². The fourth-order valence-electron chi connectivity index (χ4n) is 3.18. The predicted octanol–water partition coefficient (Wildman–Crippen LogP) is 3.04.